The predicted molar refractivity (Wildman–Crippen MR) is 167 cm³/mol. The summed E-state index contributed by atoms with van der Waals surface area (Å²) in [6.07, 6.45) is 1.29. The average molecular weight is 633 g/mol. The zero-order valence-electron chi connectivity index (χ0n) is 25.1. The van der Waals surface area contributed by atoms with Crippen LogP contribution in [-0.2, 0) is 19.8 Å². The molecule has 2 aromatic rings. The van der Waals surface area contributed by atoms with E-state index in [1.807, 2.05) is 11.0 Å². The van der Waals surface area contributed by atoms with Gasteiger partial charge in [0.1, 0.15) is 11.2 Å². The molecule has 3 amide bonds. The van der Waals surface area contributed by atoms with Crippen LogP contribution in [0.15, 0.2) is 36.4 Å². The van der Waals surface area contributed by atoms with Crippen molar-refractivity contribution in [3.63, 3.8) is 0 Å². The molecule has 4 atom stereocenters. The summed E-state index contributed by atoms with van der Waals surface area (Å²) in [6, 6.07) is 8.75. The van der Waals surface area contributed by atoms with Crippen LogP contribution in [0.2, 0.25) is 10.0 Å². The number of nitrogens with one attached hydrogen (secondary N) is 3. The number of benzene rings is 2. The lowest BCUT2D eigenvalue weighted by Crippen LogP contribution is -2.49. The Hall–Kier alpha value is -2.72. The molecule has 11 heteroatoms. The number of carbonyl (C=O) groups is 3. The van der Waals surface area contributed by atoms with Crippen LogP contribution in [0.5, 0.6) is 0 Å². The molecule has 0 saturated carbocycles. The predicted octanol–water partition coefficient (Wildman–Crippen LogP) is 4.55. The summed E-state index contributed by atoms with van der Waals surface area (Å²) in [7, 11) is 0. The normalized spacial score (nSPS) is 25.6. The highest BCUT2D eigenvalue weighted by molar-refractivity contribution is 6.31. The number of nitrogens with zero attached hydrogens (tertiary/aromatic N) is 2. The molecule has 0 aromatic heterocycles. The lowest BCUT2D eigenvalue weighted by Gasteiger charge is -2.37. The number of anilines is 1. The van der Waals surface area contributed by atoms with E-state index in [0.717, 1.165) is 31.6 Å². The number of piperazine rings is 1. The van der Waals surface area contributed by atoms with Gasteiger partial charge in [-0.3, -0.25) is 19.3 Å². The third kappa shape index (κ3) is 6.27. The van der Waals surface area contributed by atoms with Crippen LogP contribution in [0.1, 0.15) is 57.6 Å². The highest BCUT2D eigenvalue weighted by Crippen LogP contribution is 2.57. The first-order chi connectivity index (χ1) is 20.3. The molecule has 1 spiro atoms. The number of halogens is 3. The molecule has 3 aliphatic rings. The van der Waals surface area contributed by atoms with Gasteiger partial charge < -0.3 is 20.9 Å². The Kier molecular flexibility index (Phi) is 9.10. The first-order valence-corrected chi connectivity index (χ1v) is 15.6. The van der Waals surface area contributed by atoms with Crippen LogP contribution in [0, 0.1) is 11.2 Å². The van der Waals surface area contributed by atoms with E-state index in [4.69, 9.17) is 23.2 Å². The van der Waals surface area contributed by atoms with Crippen molar-refractivity contribution in [2.24, 2.45) is 5.41 Å². The molecular weight excluding hydrogens is 592 g/mol. The van der Waals surface area contributed by atoms with E-state index in [9.17, 15) is 14.4 Å². The van der Waals surface area contributed by atoms with Gasteiger partial charge in [-0.25, -0.2) is 4.39 Å². The van der Waals surface area contributed by atoms with Crippen molar-refractivity contribution in [2.75, 3.05) is 44.6 Å². The summed E-state index contributed by atoms with van der Waals surface area (Å²) in [4.78, 5) is 43.9. The second kappa shape index (κ2) is 12.3. The first kappa shape index (κ1) is 31.7. The largest absolute Gasteiger partial charge is 0.355 e. The van der Waals surface area contributed by atoms with Crippen molar-refractivity contribution in [1.29, 1.82) is 0 Å². The van der Waals surface area contributed by atoms with Gasteiger partial charge in [-0.15, -0.1) is 0 Å². The molecule has 232 valence electrons. The van der Waals surface area contributed by atoms with Gasteiger partial charge in [0, 0.05) is 62.3 Å². The van der Waals surface area contributed by atoms with E-state index in [2.05, 4.69) is 41.6 Å². The summed E-state index contributed by atoms with van der Waals surface area (Å²) in [5.41, 5.74) is 0.173. The Bertz CT molecular complexity index is 1410. The van der Waals surface area contributed by atoms with Crippen molar-refractivity contribution < 1.29 is 18.8 Å². The lowest BCUT2D eigenvalue weighted by atomic mass is 9.62. The van der Waals surface area contributed by atoms with Crippen LogP contribution >= 0.6 is 23.2 Å². The number of carbonyl (C=O) groups excluding carboxylic acids is 3. The number of rotatable bonds is 7. The smallest absolute Gasteiger partial charge is 0.237 e. The SMILES string of the molecule is CC(=O)N1CCN(CCCNC(=O)[C@@H]2N[C@H](CC(C)(C)C)[C@]3(C(=O)Nc4cc(Cl)c(F)cc43)[C@H]2c2cccc(Cl)c2)CC1. The number of hydrogen-bond acceptors (Lipinski definition) is 5. The summed E-state index contributed by atoms with van der Waals surface area (Å²) >= 11 is 12.6. The van der Waals surface area contributed by atoms with E-state index in [0.29, 0.717) is 42.3 Å². The quantitative estimate of drug-likeness (QED) is 0.390. The number of hydrogen-bond donors (Lipinski definition) is 3. The van der Waals surface area contributed by atoms with E-state index >= 15 is 4.39 Å². The molecule has 2 saturated heterocycles. The zero-order valence-corrected chi connectivity index (χ0v) is 26.6. The fraction of sp³-hybridized carbons (Fsp3) is 0.531. The first-order valence-electron chi connectivity index (χ1n) is 14.9. The summed E-state index contributed by atoms with van der Waals surface area (Å²) in [5, 5.41) is 10.0. The third-order valence-electron chi connectivity index (χ3n) is 8.96. The zero-order chi connectivity index (χ0) is 31.1. The van der Waals surface area contributed by atoms with Crippen molar-refractivity contribution in [1.82, 2.24) is 20.4 Å². The standard InChI is InChI=1S/C32H40Cl2FN5O3/c1-19(41)40-13-11-39(12-14-40)10-6-9-36-29(42)28-27(20-7-5-8-21(33)15-20)32(26(38-28)18-31(2,3)4)22-16-24(35)23(34)17-25(22)37-30(32)43/h5,7-8,15-17,26-28,38H,6,9-14,18H2,1-4H3,(H,36,42)(H,37,43)/t26-,27+,28-,32+/m1/s1. The third-order valence-corrected chi connectivity index (χ3v) is 9.48. The van der Waals surface area contributed by atoms with Crippen molar-refractivity contribution in [3.8, 4) is 0 Å². The topological polar surface area (TPSA) is 93.8 Å². The van der Waals surface area contributed by atoms with Gasteiger partial charge in [0.05, 0.1) is 11.1 Å². The number of fused-ring (bicyclic) bond motifs is 2. The van der Waals surface area contributed by atoms with Gasteiger partial charge in [0.15, 0.2) is 0 Å². The van der Waals surface area contributed by atoms with Crippen molar-refractivity contribution >= 4 is 46.6 Å². The lowest BCUT2D eigenvalue weighted by molar-refractivity contribution is -0.130. The fourth-order valence-electron chi connectivity index (χ4n) is 7.04. The van der Waals surface area contributed by atoms with Gasteiger partial charge in [0.2, 0.25) is 17.7 Å². The Labute approximate surface area is 262 Å². The van der Waals surface area contributed by atoms with E-state index < -0.39 is 29.2 Å². The van der Waals surface area contributed by atoms with Crippen molar-refractivity contribution in [2.45, 2.75) is 64.0 Å². The average Bonchev–Trinajstić information content (AvgIpc) is 3.41. The molecule has 2 aromatic carbocycles. The highest BCUT2D eigenvalue weighted by atomic mass is 35.5. The van der Waals surface area contributed by atoms with Gasteiger partial charge in [-0.05, 0) is 60.2 Å². The van der Waals surface area contributed by atoms with Gasteiger partial charge in [-0.2, -0.15) is 0 Å². The summed E-state index contributed by atoms with van der Waals surface area (Å²) in [5.74, 6) is -1.71. The minimum absolute atomic E-state index is 0.0780. The van der Waals surface area contributed by atoms with Crippen molar-refractivity contribution in [3.05, 3.63) is 63.4 Å². The van der Waals surface area contributed by atoms with E-state index in [1.165, 1.54) is 12.1 Å². The van der Waals surface area contributed by atoms with Crippen LogP contribution < -0.4 is 16.0 Å². The Morgan fingerprint density at radius 1 is 1.12 bits per heavy atom. The van der Waals surface area contributed by atoms with E-state index in [1.54, 1.807) is 25.1 Å². The van der Waals surface area contributed by atoms with Crippen LogP contribution in [0.3, 0.4) is 0 Å². The Balaban J connectivity index is 1.44. The molecule has 8 nitrogen and oxygen atoms in total. The maximum absolute atomic E-state index is 15.1. The molecule has 0 bridgehead atoms. The monoisotopic (exact) mass is 631 g/mol. The Morgan fingerprint density at radius 3 is 2.49 bits per heavy atom. The second-order valence-electron chi connectivity index (χ2n) is 13.1. The minimum Gasteiger partial charge on any atom is -0.355 e. The maximum atomic E-state index is 15.1. The molecule has 0 aliphatic carbocycles. The molecule has 2 fully saturated rings. The van der Waals surface area contributed by atoms with E-state index in [-0.39, 0.29) is 28.2 Å². The minimum atomic E-state index is -1.28. The van der Waals surface area contributed by atoms with Gasteiger partial charge >= 0.3 is 0 Å². The fourth-order valence-corrected chi connectivity index (χ4v) is 7.41. The molecule has 3 aliphatic heterocycles. The van der Waals surface area contributed by atoms with Crippen LogP contribution in [0.25, 0.3) is 0 Å². The molecule has 3 N–H and O–H groups in total. The molecule has 5 rings (SSSR count). The number of amides is 3. The van der Waals surface area contributed by atoms with Gasteiger partial charge in [0.25, 0.3) is 0 Å². The second-order valence-corrected chi connectivity index (χ2v) is 14.0. The molecule has 43 heavy (non-hydrogen) atoms. The molecule has 0 unspecified atom stereocenters. The maximum Gasteiger partial charge on any atom is 0.237 e. The highest BCUT2D eigenvalue weighted by Gasteiger charge is 2.65. The summed E-state index contributed by atoms with van der Waals surface area (Å²) < 4.78 is 15.1. The molecule has 0 radical (unpaired) electrons. The summed E-state index contributed by atoms with van der Waals surface area (Å²) in [6.45, 7) is 12.1. The van der Waals surface area contributed by atoms with Gasteiger partial charge in [-0.1, -0.05) is 56.1 Å². The van der Waals surface area contributed by atoms with Crippen LogP contribution in [-0.4, -0.2) is 78.9 Å². The molecular formula is C32H40Cl2FN5O3. The molecule has 3 heterocycles. The van der Waals surface area contributed by atoms with Crippen LogP contribution in [0.4, 0.5) is 10.1 Å². The Morgan fingerprint density at radius 2 is 1.84 bits per heavy atom.